The van der Waals surface area contributed by atoms with Crippen molar-refractivity contribution in [2.45, 2.75) is 30.7 Å². The monoisotopic (exact) mass is 400 g/mol. The fourth-order valence-corrected chi connectivity index (χ4v) is 5.93. The Bertz CT molecular complexity index is 868. The number of rotatable bonds is 4. The molecule has 28 heavy (non-hydrogen) atoms. The summed E-state index contributed by atoms with van der Waals surface area (Å²) >= 11 is 0. The number of hydrogen-bond donors (Lipinski definition) is 1. The minimum atomic E-state index is -3.36. The van der Waals surface area contributed by atoms with Crippen molar-refractivity contribution in [1.82, 2.24) is 4.31 Å². The molecule has 0 saturated carbocycles. The van der Waals surface area contributed by atoms with E-state index >= 15 is 0 Å². The van der Waals surface area contributed by atoms with E-state index in [0.717, 1.165) is 44.6 Å². The van der Waals surface area contributed by atoms with Crippen LogP contribution in [0.5, 0.6) is 0 Å². The molecule has 2 saturated heterocycles. The number of piperazine rings is 1. The van der Waals surface area contributed by atoms with Crippen molar-refractivity contribution >= 4 is 15.7 Å². The summed E-state index contributed by atoms with van der Waals surface area (Å²) in [7, 11) is -3.36. The van der Waals surface area contributed by atoms with Gasteiger partial charge in [0.05, 0.1) is 37.1 Å². The Kier molecular flexibility index (Phi) is 5.71. The summed E-state index contributed by atoms with van der Waals surface area (Å²) in [6.45, 7) is 7.64. The molecule has 1 N–H and O–H groups in total. The molecule has 0 aromatic heterocycles. The fraction of sp³-hybridized carbons (Fsp3) is 0.455. The first-order valence-electron chi connectivity index (χ1n) is 10.3. The average molecular weight is 401 g/mol. The van der Waals surface area contributed by atoms with Crippen molar-refractivity contribution in [3.8, 4) is 0 Å². The van der Waals surface area contributed by atoms with E-state index < -0.39 is 10.0 Å². The lowest BCUT2D eigenvalue weighted by Crippen LogP contribution is -3.18. The van der Waals surface area contributed by atoms with Crippen LogP contribution >= 0.6 is 0 Å². The van der Waals surface area contributed by atoms with Crippen molar-refractivity contribution in [3.05, 3.63) is 60.2 Å². The molecule has 0 spiro atoms. The topological polar surface area (TPSA) is 45.1 Å². The Hall–Kier alpha value is -1.89. The van der Waals surface area contributed by atoms with Gasteiger partial charge in [0.1, 0.15) is 0 Å². The molecule has 2 fully saturated rings. The molecular weight excluding hydrogens is 370 g/mol. The highest BCUT2D eigenvalue weighted by Gasteiger charge is 2.34. The Morgan fingerprint density at radius 1 is 0.857 bits per heavy atom. The highest BCUT2D eigenvalue weighted by atomic mass is 32.2. The van der Waals surface area contributed by atoms with Crippen molar-refractivity contribution in [2.24, 2.45) is 0 Å². The summed E-state index contributed by atoms with van der Waals surface area (Å²) in [5.41, 5.74) is 2.39. The maximum atomic E-state index is 12.9. The van der Waals surface area contributed by atoms with E-state index in [1.165, 1.54) is 5.69 Å². The number of sulfonamides is 1. The van der Waals surface area contributed by atoms with Gasteiger partial charge >= 0.3 is 0 Å². The number of piperidine rings is 1. The molecule has 2 aromatic carbocycles. The predicted molar refractivity (Wildman–Crippen MR) is 112 cm³/mol. The number of nitrogens with zero attached hydrogens (tertiary/aromatic N) is 2. The number of aryl methyl sites for hydroxylation is 1. The highest BCUT2D eigenvalue weighted by Crippen LogP contribution is 2.21. The van der Waals surface area contributed by atoms with Crippen molar-refractivity contribution in [2.75, 3.05) is 44.2 Å². The van der Waals surface area contributed by atoms with E-state index in [1.807, 2.05) is 19.1 Å². The summed E-state index contributed by atoms with van der Waals surface area (Å²) in [5, 5.41) is 0. The number of nitrogens with one attached hydrogen (secondary N) is 1. The third-order valence-corrected chi connectivity index (χ3v) is 8.13. The molecule has 0 unspecified atom stereocenters. The zero-order valence-corrected chi connectivity index (χ0v) is 17.4. The van der Waals surface area contributed by atoms with Crippen LogP contribution in [0.15, 0.2) is 59.5 Å². The van der Waals surface area contributed by atoms with E-state index in [-0.39, 0.29) is 0 Å². The maximum Gasteiger partial charge on any atom is 0.243 e. The lowest BCUT2D eigenvalue weighted by atomic mass is 10.0. The lowest BCUT2D eigenvalue weighted by Gasteiger charge is -2.40. The molecule has 0 radical (unpaired) electrons. The molecule has 5 nitrogen and oxygen atoms in total. The molecule has 4 rings (SSSR count). The number of benzene rings is 2. The van der Waals surface area contributed by atoms with E-state index in [2.05, 4.69) is 35.2 Å². The Labute approximate surface area is 168 Å². The van der Waals surface area contributed by atoms with E-state index in [0.29, 0.717) is 24.0 Å². The van der Waals surface area contributed by atoms with Gasteiger partial charge in [0, 0.05) is 31.6 Å². The number of para-hydroxylation sites is 1. The van der Waals surface area contributed by atoms with Gasteiger partial charge < -0.3 is 9.80 Å². The van der Waals surface area contributed by atoms with Gasteiger partial charge in [0.15, 0.2) is 0 Å². The molecular formula is C22H30N3O2S+. The van der Waals surface area contributed by atoms with Gasteiger partial charge in [-0.15, -0.1) is 0 Å². The highest BCUT2D eigenvalue weighted by molar-refractivity contribution is 7.89. The summed E-state index contributed by atoms with van der Waals surface area (Å²) in [6, 6.07) is 18.4. The van der Waals surface area contributed by atoms with Crippen LogP contribution < -0.4 is 9.80 Å². The molecule has 6 heteroatoms. The molecule has 0 bridgehead atoms. The molecule has 2 aliphatic heterocycles. The minimum absolute atomic E-state index is 0.417. The molecule has 2 aromatic rings. The average Bonchev–Trinajstić information content (AvgIpc) is 2.75. The normalized spacial score (nSPS) is 20.4. The van der Waals surface area contributed by atoms with Crippen LogP contribution in [0.25, 0.3) is 0 Å². The van der Waals surface area contributed by atoms with E-state index in [4.69, 9.17) is 0 Å². The predicted octanol–water partition coefficient (Wildman–Crippen LogP) is 1.55. The van der Waals surface area contributed by atoms with Crippen molar-refractivity contribution < 1.29 is 13.3 Å². The van der Waals surface area contributed by atoms with Crippen LogP contribution in [0.1, 0.15) is 18.4 Å². The van der Waals surface area contributed by atoms with Crippen molar-refractivity contribution in [1.29, 1.82) is 0 Å². The zero-order valence-electron chi connectivity index (χ0n) is 16.5. The Balaban J connectivity index is 1.32. The van der Waals surface area contributed by atoms with Gasteiger partial charge in [-0.25, -0.2) is 8.42 Å². The van der Waals surface area contributed by atoms with Crippen LogP contribution in [0, 0.1) is 6.92 Å². The number of hydrogen-bond acceptors (Lipinski definition) is 3. The first-order valence-corrected chi connectivity index (χ1v) is 11.7. The van der Waals surface area contributed by atoms with Crippen LogP contribution in [0.3, 0.4) is 0 Å². The van der Waals surface area contributed by atoms with Crippen molar-refractivity contribution in [3.63, 3.8) is 0 Å². The summed E-state index contributed by atoms with van der Waals surface area (Å²) < 4.78 is 27.5. The Morgan fingerprint density at radius 2 is 1.46 bits per heavy atom. The van der Waals surface area contributed by atoms with E-state index in [1.54, 1.807) is 21.3 Å². The van der Waals surface area contributed by atoms with Crippen LogP contribution in [0.4, 0.5) is 5.69 Å². The fourth-order valence-electron chi connectivity index (χ4n) is 4.46. The first kappa shape index (κ1) is 19.4. The third kappa shape index (κ3) is 4.09. The first-order chi connectivity index (χ1) is 13.5. The SMILES string of the molecule is Cc1ccc(S(=O)(=O)N2CCC([NH+]3CCN(c4ccccc4)CC3)CC2)cc1. The summed E-state index contributed by atoms with van der Waals surface area (Å²) in [4.78, 5) is 4.51. The number of anilines is 1. The Morgan fingerprint density at radius 3 is 2.07 bits per heavy atom. The van der Waals surface area contributed by atoms with Gasteiger partial charge in [0.2, 0.25) is 10.0 Å². The standard InChI is InChI=1S/C22H29N3O2S/c1-19-7-9-22(10-8-19)28(26,27)25-13-11-21(12-14-25)24-17-15-23(16-18-24)20-5-3-2-4-6-20/h2-10,21H,11-18H2,1H3/p+1. The van der Waals surface area contributed by atoms with Gasteiger partial charge in [-0.3, -0.25) is 0 Å². The van der Waals surface area contributed by atoms with Crippen LogP contribution in [-0.4, -0.2) is 58.0 Å². The zero-order chi connectivity index (χ0) is 19.6. The second kappa shape index (κ2) is 8.23. The number of quaternary nitrogens is 1. The molecule has 2 aliphatic rings. The third-order valence-electron chi connectivity index (χ3n) is 6.22. The second-order valence-electron chi connectivity index (χ2n) is 7.97. The molecule has 2 heterocycles. The van der Waals surface area contributed by atoms with Gasteiger partial charge in [0.25, 0.3) is 0 Å². The molecule has 0 atom stereocenters. The summed E-state index contributed by atoms with van der Waals surface area (Å²) in [5.74, 6) is 0. The molecule has 150 valence electrons. The van der Waals surface area contributed by atoms with E-state index in [9.17, 15) is 8.42 Å². The van der Waals surface area contributed by atoms with Gasteiger partial charge in [-0.1, -0.05) is 35.9 Å². The van der Waals surface area contributed by atoms with Crippen LogP contribution in [0.2, 0.25) is 0 Å². The maximum absolute atomic E-state index is 12.9. The smallest absolute Gasteiger partial charge is 0.243 e. The van der Waals surface area contributed by atoms with Gasteiger partial charge in [-0.05, 0) is 31.2 Å². The summed E-state index contributed by atoms with van der Waals surface area (Å²) in [6.07, 6.45) is 1.90. The largest absolute Gasteiger partial charge is 0.360 e. The second-order valence-corrected chi connectivity index (χ2v) is 9.91. The molecule has 0 amide bonds. The molecule has 0 aliphatic carbocycles. The van der Waals surface area contributed by atoms with Crippen LogP contribution in [-0.2, 0) is 10.0 Å². The van der Waals surface area contributed by atoms with Gasteiger partial charge in [-0.2, -0.15) is 4.31 Å². The quantitative estimate of drug-likeness (QED) is 0.847. The minimum Gasteiger partial charge on any atom is -0.360 e. The lowest BCUT2D eigenvalue weighted by molar-refractivity contribution is -0.927.